The van der Waals surface area contributed by atoms with E-state index in [-0.39, 0.29) is 11.5 Å². The van der Waals surface area contributed by atoms with Crippen LogP contribution in [-0.2, 0) is 19.3 Å². The number of phenols is 3. The van der Waals surface area contributed by atoms with Crippen LogP contribution in [0.15, 0.2) is 91.0 Å². The van der Waals surface area contributed by atoms with E-state index < -0.39 is 0 Å². The Morgan fingerprint density at radius 3 is 1.47 bits per heavy atom. The lowest BCUT2D eigenvalue weighted by molar-refractivity contribution is 0.459. The largest absolute Gasteiger partial charge is 0.508 e. The molecule has 3 nitrogen and oxygen atoms in total. The van der Waals surface area contributed by atoms with Gasteiger partial charge in [0.2, 0.25) is 0 Å². The number of aromatic hydroxyl groups is 3. The number of benzene rings is 4. The zero-order valence-corrected chi connectivity index (χ0v) is 16.6. The number of hydrogen-bond acceptors (Lipinski definition) is 3. The molecule has 0 aliphatic heterocycles. The summed E-state index contributed by atoms with van der Waals surface area (Å²) in [7, 11) is 0. The van der Waals surface area contributed by atoms with Crippen molar-refractivity contribution in [1.29, 1.82) is 0 Å². The summed E-state index contributed by atoms with van der Waals surface area (Å²) in [4.78, 5) is 0. The Hall–Kier alpha value is -3.72. The van der Waals surface area contributed by atoms with E-state index in [0.717, 1.165) is 33.4 Å². The SMILES string of the molecule is Oc1ccccc1Cc1cccc(Cc2cccc(Cc3ccccc3O)c2O)c1. The zero-order chi connectivity index (χ0) is 20.9. The van der Waals surface area contributed by atoms with Gasteiger partial charge in [-0.1, -0.05) is 78.9 Å². The van der Waals surface area contributed by atoms with Crippen molar-refractivity contribution in [2.24, 2.45) is 0 Å². The molecule has 0 unspecified atom stereocenters. The molecule has 150 valence electrons. The Morgan fingerprint density at radius 2 is 0.867 bits per heavy atom. The van der Waals surface area contributed by atoms with Gasteiger partial charge in [-0.2, -0.15) is 0 Å². The normalized spacial score (nSPS) is 10.8. The maximum Gasteiger partial charge on any atom is 0.122 e. The third-order valence-corrected chi connectivity index (χ3v) is 5.35. The zero-order valence-electron chi connectivity index (χ0n) is 16.6. The van der Waals surface area contributed by atoms with Crippen LogP contribution in [0, 0.1) is 0 Å². The predicted molar refractivity (Wildman–Crippen MR) is 119 cm³/mol. The Morgan fingerprint density at radius 1 is 0.433 bits per heavy atom. The molecule has 4 aromatic carbocycles. The fraction of sp³-hybridized carbons (Fsp3) is 0.111. The third kappa shape index (κ3) is 4.47. The molecule has 0 bridgehead atoms. The highest BCUT2D eigenvalue weighted by Gasteiger charge is 2.11. The van der Waals surface area contributed by atoms with Crippen LogP contribution in [0.25, 0.3) is 0 Å². The van der Waals surface area contributed by atoms with Crippen molar-refractivity contribution in [3.05, 3.63) is 124 Å². The van der Waals surface area contributed by atoms with Crippen LogP contribution in [0.2, 0.25) is 0 Å². The van der Waals surface area contributed by atoms with Crippen molar-refractivity contribution in [1.82, 2.24) is 0 Å². The molecule has 0 radical (unpaired) electrons. The Bertz CT molecular complexity index is 1160. The van der Waals surface area contributed by atoms with Crippen LogP contribution in [0.5, 0.6) is 17.2 Å². The summed E-state index contributed by atoms with van der Waals surface area (Å²) < 4.78 is 0. The van der Waals surface area contributed by atoms with Gasteiger partial charge in [0.1, 0.15) is 17.2 Å². The fourth-order valence-corrected chi connectivity index (χ4v) is 3.75. The second-order valence-corrected chi connectivity index (χ2v) is 7.53. The first-order chi connectivity index (χ1) is 14.6. The number of para-hydroxylation sites is 3. The van der Waals surface area contributed by atoms with Gasteiger partial charge in [0.15, 0.2) is 0 Å². The molecule has 3 heteroatoms. The minimum atomic E-state index is 0.235. The van der Waals surface area contributed by atoms with E-state index in [1.165, 1.54) is 0 Å². The molecular formula is C27H24O3. The standard InChI is InChI=1S/C27H24O3/c28-25-13-3-1-9-21(25)16-19-7-5-8-20(15-19)17-23-11-6-12-24(27(23)30)18-22-10-2-4-14-26(22)29/h1-15,28-30H,16-18H2. The van der Waals surface area contributed by atoms with Crippen LogP contribution in [-0.4, -0.2) is 15.3 Å². The van der Waals surface area contributed by atoms with E-state index in [4.69, 9.17) is 0 Å². The summed E-state index contributed by atoms with van der Waals surface area (Å²) in [6.45, 7) is 0. The lowest BCUT2D eigenvalue weighted by Gasteiger charge is -2.12. The van der Waals surface area contributed by atoms with Crippen molar-refractivity contribution >= 4 is 0 Å². The van der Waals surface area contributed by atoms with E-state index in [2.05, 4.69) is 6.07 Å². The van der Waals surface area contributed by atoms with Crippen molar-refractivity contribution in [3.8, 4) is 17.2 Å². The predicted octanol–water partition coefficient (Wildman–Crippen LogP) is 5.58. The second kappa shape index (κ2) is 8.75. The van der Waals surface area contributed by atoms with Gasteiger partial charge in [0.05, 0.1) is 0 Å². The van der Waals surface area contributed by atoms with E-state index in [1.54, 1.807) is 18.2 Å². The third-order valence-electron chi connectivity index (χ3n) is 5.35. The molecule has 3 N–H and O–H groups in total. The molecule has 0 amide bonds. The smallest absolute Gasteiger partial charge is 0.122 e. The van der Waals surface area contributed by atoms with Gasteiger partial charge in [-0.15, -0.1) is 0 Å². The maximum atomic E-state index is 10.8. The minimum Gasteiger partial charge on any atom is -0.508 e. The lowest BCUT2D eigenvalue weighted by Crippen LogP contribution is -1.96. The van der Waals surface area contributed by atoms with Gasteiger partial charge in [-0.3, -0.25) is 0 Å². The summed E-state index contributed by atoms with van der Waals surface area (Å²) in [5, 5.41) is 30.9. The fourth-order valence-electron chi connectivity index (χ4n) is 3.75. The molecular weight excluding hydrogens is 372 g/mol. The van der Waals surface area contributed by atoms with Gasteiger partial charge < -0.3 is 15.3 Å². The average Bonchev–Trinajstić information content (AvgIpc) is 2.74. The Kier molecular flexibility index (Phi) is 5.71. The monoisotopic (exact) mass is 396 g/mol. The molecule has 0 saturated heterocycles. The van der Waals surface area contributed by atoms with Gasteiger partial charge in [0, 0.05) is 19.3 Å². The van der Waals surface area contributed by atoms with Gasteiger partial charge >= 0.3 is 0 Å². The van der Waals surface area contributed by atoms with Gasteiger partial charge in [-0.25, -0.2) is 0 Å². The molecule has 0 aliphatic rings. The molecule has 4 aromatic rings. The first-order valence-corrected chi connectivity index (χ1v) is 10.0. The molecule has 4 rings (SSSR count). The van der Waals surface area contributed by atoms with Crippen molar-refractivity contribution in [2.75, 3.05) is 0 Å². The second-order valence-electron chi connectivity index (χ2n) is 7.53. The highest BCUT2D eigenvalue weighted by Crippen LogP contribution is 2.29. The highest BCUT2D eigenvalue weighted by atomic mass is 16.3. The van der Waals surface area contributed by atoms with E-state index in [9.17, 15) is 15.3 Å². The van der Waals surface area contributed by atoms with Gasteiger partial charge in [-0.05, 0) is 45.5 Å². The van der Waals surface area contributed by atoms with Crippen molar-refractivity contribution < 1.29 is 15.3 Å². The minimum absolute atomic E-state index is 0.235. The van der Waals surface area contributed by atoms with Crippen molar-refractivity contribution in [3.63, 3.8) is 0 Å². The van der Waals surface area contributed by atoms with E-state index >= 15 is 0 Å². The number of rotatable bonds is 6. The summed E-state index contributed by atoms with van der Waals surface area (Å²) >= 11 is 0. The Balaban J connectivity index is 1.55. The lowest BCUT2D eigenvalue weighted by atomic mass is 9.95. The molecule has 0 saturated carbocycles. The molecule has 0 atom stereocenters. The van der Waals surface area contributed by atoms with Crippen LogP contribution < -0.4 is 0 Å². The number of phenolic OH excluding ortho intramolecular Hbond substituents is 3. The molecule has 0 aromatic heterocycles. The van der Waals surface area contributed by atoms with Gasteiger partial charge in [0.25, 0.3) is 0 Å². The average molecular weight is 396 g/mol. The topological polar surface area (TPSA) is 60.7 Å². The first-order valence-electron chi connectivity index (χ1n) is 10.0. The van der Waals surface area contributed by atoms with Crippen molar-refractivity contribution in [2.45, 2.75) is 19.3 Å². The van der Waals surface area contributed by atoms with Crippen LogP contribution in [0.4, 0.5) is 0 Å². The van der Waals surface area contributed by atoms with Crippen LogP contribution in [0.1, 0.15) is 33.4 Å². The number of hydrogen-bond donors (Lipinski definition) is 3. The molecule has 0 heterocycles. The van der Waals surface area contributed by atoms with Crippen LogP contribution in [0.3, 0.4) is 0 Å². The summed E-state index contributed by atoms with van der Waals surface area (Å²) in [6.07, 6.45) is 1.73. The summed E-state index contributed by atoms with van der Waals surface area (Å²) in [5.41, 5.74) is 5.52. The van der Waals surface area contributed by atoms with E-state index in [0.29, 0.717) is 25.0 Å². The summed E-state index contributed by atoms with van der Waals surface area (Å²) in [6, 6.07) is 28.5. The Labute approximate surface area is 176 Å². The highest BCUT2D eigenvalue weighted by molar-refractivity contribution is 5.47. The molecule has 0 fully saturated rings. The maximum absolute atomic E-state index is 10.8. The van der Waals surface area contributed by atoms with Crippen LogP contribution >= 0.6 is 0 Å². The first kappa shape index (κ1) is 19.6. The van der Waals surface area contributed by atoms with E-state index in [1.807, 2.05) is 66.7 Å². The summed E-state index contributed by atoms with van der Waals surface area (Å²) in [5.74, 6) is 0.809. The molecule has 30 heavy (non-hydrogen) atoms. The molecule has 0 aliphatic carbocycles. The quantitative estimate of drug-likeness (QED) is 0.399. The molecule has 0 spiro atoms.